The molecule has 1 fully saturated rings. The molecule has 30 heavy (non-hydrogen) atoms. The Morgan fingerprint density at radius 3 is 2.37 bits per heavy atom. The number of hydrogen-bond acceptors (Lipinski definition) is 4. The molecule has 0 bridgehead atoms. The third kappa shape index (κ3) is 2.97. The van der Waals surface area contributed by atoms with Crippen molar-refractivity contribution in [3.8, 4) is 22.6 Å². The summed E-state index contributed by atoms with van der Waals surface area (Å²) in [5.41, 5.74) is 2.60. The molecule has 6 nitrogen and oxygen atoms in total. The van der Waals surface area contributed by atoms with Crippen molar-refractivity contribution in [1.29, 1.82) is 0 Å². The summed E-state index contributed by atoms with van der Waals surface area (Å²) in [5, 5.41) is 2.84. The van der Waals surface area contributed by atoms with Gasteiger partial charge in [-0.3, -0.25) is 9.69 Å². The van der Waals surface area contributed by atoms with E-state index in [0.717, 1.165) is 16.7 Å². The standard InChI is InChI=1S/C24H20N2O4/c1-24(19-11-12-20-21(13-19)30-15-29-20)22(27)26(23(28)25-24)14-16-7-9-18(10-8-16)17-5-3-2-4-6-17/h2-13H,14-15H2,1H3,(H,25,28)/t24-/m0/s1. The number of benzene rings is 3. The van der Waals surface area contributed by atoms with Crippen molar-refractivity contribution in [3.05, 3.63) is 83.9 Å². The van der Waals surface area contributed by atoms with Crippen LogP contribution < -0.4 is 14.8 Å². The molecule has 1 saturated heterocycles. The highest BCUT2D eigenvalue weighted by Gasteiger charge is 2.49. The van der Waals surface area contributed by atoms with Crippen LogP contribution in [0.3, 0.4) is 0 Å². The molecule has 0 spiro atoms. The number of rotatable bonds is 4. The zero-order valence-electron chi connectivity index (χ0n) is 16.4. The lowest BCUT2D eigenvalue weighted by molar-refractivity contribution is -0.131. The average molecular weight is 400 g/mol. The van der Waals surface area contributed by atoms with Crippen molar-refractivity contribution < 1.29 is 19.1 Å². The predicted molar refractivity (Wildman–Crippen MR) is 111 cm³/mol. The lowest BCUT2D eigenvalue weighted by Crippen LogP contribution is -2.40. The highest BCUT2D eigenvalue weighted by molar-refractivity contribution is 6.07. The quantitative estimate of drug-likeness (QED) is 0.671. The first-order valence-corrected chi connectivity index (χ1v) is 9.73. The number of imide groups is 1. The van der Waals surface area contributed by atoms with E-state index in [9.17, 15) is 9.59 Å². The fraction of sp³-hybridized carbons (Fsp3) is 0.167. The molecule has 3 amide bonds. The molecule has 2 heterocycles. The van der Waals surface area contributed by atoms with Gasteiger partial charge in [0.25, 0.3) is 5.91 Å². The molecule has 0 aromatic heterocycles. The van der Waals surface area contributed by atoms with E-state index in [0.29, 0.717) is 17.1 Å². The molecular weight excluding hydrogens is 380 g/mol. The molecule has 3 aromatic carbocycles. The first-order valence-electron chi connectivity index (χ1n) is 9.73. The van der Waals surface area contributed by atoms with Crippen molar-refractivity contribution in [2.45, 2.75) is 19.0 Å². The Kier molecular flexibility index (Phi) is 4.20. The number of hydrogen-bond donors (Lipinski definition) is 1. The molecule has 2 aliphatic rings. The van der Waals surface area contributed by atoms with Crippen LogP contribution in [0.4, 0.5) is 4.79 Å². The van der Waals surface area contributed by atoms with Gasteiger partial charge in [0.15, 0.2) is 11.5 Å². The number of ether oxygens (including phenoxy) is 2. The molecule has 1 N–H and O–H groups in total. The molecule has 0 aliphatic carbocycles. The molecule has 150 valence electrons. The molecule has 0 saturated carbocycles. The van der Waals surface area contributed by atoms with E-state index in [1.54, 1.807) is 25.1 Å². The predicted octanol–water partition coefficient (Wildman–Crippen LogP) is 4.05. The molecule has 1 atom stereocenters. The number of fused-ring (bicyclic) bond motifs is 1. The maximum absolute atomic E-state index is 13.2. The zero-order valence-corrected chi connectivity index (χ0v) is 16.4. The largest absolute Gasteiger partial charge is 0.454 e. The van der Waals surface area contributed by atoms with Gasteiger partial charge >= 0.3 is 6.03 Å². The molecule has 3 aromatic rings. The minimum absolute atomic E-state index is 0.154. The van der Waals surface area contributed by atoms with Crippen molar-refractivity contribution >= 4 is 11.9 Å². The van der Waals surface area contributed by atoms with Gasteiger partial charge < -0.3 is 14.8 Å². The second kappa shape index (κ2) is 6.91. The van der Waals surface area contributed by atoms with Crippen LogP contribution in [0.15, 0.2) is 72.8 Å². The number of nitrogens with zero attached hydrogens (tertiary/aromatic N) is 1. The summed E-state index contributed by atoms with van der Waals surface area (Å²) in [4.78, 5) is 27.1. The van der Waals surface area contributed by atoms with E-state index >= 15 is 0 Å². The van der Waals surface area contributed by atoms with Crippen LogP contribution in [-0.4, -0.2) is 23.6 Å². The molecule has 6 heteroatoms. The first-order chi connectivity index (χ1) is 14.5. The fourth-order valence-electron chi connectivity index (χ4n) is 3.86. The lowest BCUT2D eigenvalue weighted by Gasteiger charge is -2.22. The van der Waals surface area contributed by atoms with E-state index < -0.39 is 11.6 Å². The van der Waals surface area contributed by atoms with E-state index in [1.165, 1.54) is 4.90 Å². The minimum atomic E-state index is -1.15. The van der Waals surface area contributed by atoms with E-state index in [4.69, 9.17) is 9.47 Å². The van der Waals surface area contributed by atoms with Gasteiger partial charge in [0.1, 0.15) is 5.54 Å². The summed E-state index contributed by atoms with van der Waals surface area (Å²) < 4.78 is 10.7. The van der Waals surface area contributed by atoms with Crippen LogP contribution in [0.2, 0.25) is 0 Å². The van der Waals surface area contributed by atoms with Gasteiger partial charge in [0.05, 0.1) is 6.54 Å². The third-order valence-corrected chi connectivity index (χ3v) is 5.63. The van der Waals surface area contributed by atoms with Crippen molar-refractivity contribution in [2.24, 2.45) is 0 Å². The highest BCUT2D eigenvalue weighted by Crippen LogP contribution is 2.38. The van der Waals surface area contributed by atoms with E-state index in [2.05, 4.69) is 5.32 Å². The SMILES string of the molecule is C[C@@]1(c2ccc3c(c2)OCO3)NC(=O)N(Cc2ccc(-c3ccccc3)cc2)C1=O. The van der Waals surface area contributed by atoms with Gasteiger partial charge in [-0.2, -0.15) is 0 Å². The van der Waals surface area contributed by atoms with Crippen LogP contribution in [0.25, 0.3) is 11.1 Å². The lowest BCUT2D eigenvalue weighted by atomic mass is 9.91. The Bertz CT molecular complexity index is 1130. The van der Waals surface area contributed by atoms with Crippen LogP contribution in [0.5, 0.6) is 11.5 Å². The van der Waals surface area contributed by atoms with Gasteiger partial charge in [0.2, 0.25) is 6.79 Å². The Balaban J connectivity index is 1.37. The zero-order chi connectivity index (χ0) is 20.7. The first kappa shape index (κ1) is 18.2. The maximum atomic E-state index is 13.2. The second-order valence-corrected chi connectivity index (χ2v) is 7.58. The Morgan fingerprint density at radius 2 is 1.60 bits per heavy atom. The number of nitrogens with one attached hydrogen (secondary N) is 1. The Labute approximate surface area is 174 Å². The Morgan fingerprint density at radius 1 is 0.900 bits per heavy atom. The van der Waals surface area contributed by atoms with Crippen LogP contribution in [0.1, 0.15) is 18.1 Å². The van der Waals surface area contributed by atoms with E-state index in [1.807, 2.05) is 54.6 Å². The molecule has 0 radical (unpaired) electrons. The summed E-state index contributed by atoms with van der Waals surface area (Å²) in [6, 6.07) is 22.8. The normalized spacial score (nSPS) is 19.8. The summed E-state index contributed by atoms with van der Waals surface area (Å²) in [5.74, 6) is 0.915. The summed E-state index contributed by atoms with van der Waals surface area (Å²) >= 11 is 0. The molecule has 0 unspecified atom stereocenters. The monoisotopic (exact) mass is 400 g/mol. The van der Waals surface area contributed by atoms with Crippen LogP contribution >= 0.6 is 0 Å². The summed E-state index contributed by atoms with van der Waals surface area (Å²) in [6.45, 7) is 2.07. The summed E-state index contributed by atoms with van der Waals surface area (Å²) in [6.07, 6.45) is 0. The van der Waals surface area contributed by atoms with Gasteiger partial charge in [-0.1, -0.05) is 60.7 Å². The third-order valence-electron chi connectivity index (χ3n) is 5.63. The Hall–Kier alpha value is -3.80. The van der Waals surface area contributed by atoms with Gasteiger partial charge in [-0.15, -0.1) is 0 Å². The fourth-order valence-corrected chi connectivity index (χ4v) is 3.86. The second-order valence-electron chi connectivity index (χ2n) is 7.58. The highest BCUT2D eigenvalue weighted by atomic mass is 16.7. The number of carbonyl (C=O) groups excluding carboxylic acids is 2. The molecule has 2 aliphatic heterocycles. The van der Waals surface area contributed by atoms with Crippen LogP contribution in [0, 0.1) is 0 Å². The molecule has 5 rings (SSSR count). The summed E-state index contributed by atoms with van der Waals surface area (Å²) in [7, 11) is 0. The number of carbonyl (C=O) groups is 2. The van der Waals surface area contributed by atoms with Crippen molar-refractivity contribution in [1.82, 2.24) is 10.2 Å². The van der Waals surface area contributed by atoms with Gasteiger partial charge in [-0.05, 0) is 41.3 Å². The van der Waals surface area contributed by atoms with E-state index in [-0.39, 0.29) is 19.2 Å². The van der Waals surface area contributed by atoms with Gasteiger partial charge in [0, 0.05) is 0 Å². The van der Waals surface area contributed by atoms with Crippen molar-refractivity contribution in [3.63, 3.8) is 0 Å². The van der Waals surface area contributed by atoms with Gasteiger partial charge in [-0.25, -0.2) is 4.79 Å². The van der Waals surface area contributed by atoms with Crippen LogP contribution in [-0.2, 0) is 16.9 Å². The smallest absolute Gasteiger partial charge is 0.325 e. The molecular formula is C24H20N2O4. The van der Waals surface area contributed by atoms with Crippen molar-refractivity contribution in [2.75, 3.05) is 6.79 Å². The topological polar surface area (TPSA) is 67.9 Å². The number of amides is 3. The average Bonchev–Trinajstić information content (AvgIpc) is 3.33. The maximum Gasteiger partial charge on any atom is 0.325 e. The minimum Gasteiger partial charge on any atom is -0.454 e. The number of urea groups is 1.